The van der Waals surface area contributed by atoms with Crippen molar-refractivity contribution in [3.63, 3.8) is 0 Å². The molecule has 2 saturated heterocycles. The number of nitrogens with zero attached hydrogens (tertiary/aromatic N) is 2. The van der Waals surface area contributed by atoms with Crippen LogP contribution < -0.4 is 5.32 Å². The molecule has 2 aliphatic heterocycles. The SMILES string of the molecule is CCOC(=O)c1coc(NC2CC3CCCC(C2)N3C)n1. The zero-order valence-corrected chi connectivity index (χ0v) is 12.7. The Hall–Kier alpha value is -1.56. The summed E-state index contributed by atoms with van der Waals surface area (Å²) >= 11 is 0. The van der Waals surface area contributed by atoms with Crippen LogP contribution in [-0.2, 0) is 4.74 Å². The lowest BCUT2D eigenvalue weighted by molar-refractivity contribution is 0.0519. The Morgan fingerprint density at radius 3 is 2.86 bits per heavy atom. The van der Waals surface area contributed by atoms with Crippen LogP contribution in [0.1, 0.15) is 49.5 Å². The predicted molar refractivity (Wildman–Crippen MR) is 78.3 cm³/mol. The number of fused-ring (bicyclic) bond motifs is 2. The van der Waals surface area contributed by atoms with Crippen molar-refractivity contribution >= 4 is 12.0 Å². The van der Waals surface area contributed by atoms with E-state index in [9.17, 15) is 4.79 Å². The van der Waals surface area contributed by atoms with Gasteiger partial charge in [0.25, 0.3) is 6.01 Å². The van der Waals surface area contributed by atoms with Gasteiger partial charge in [0, 0.05) is 18.1 Å². The van der Waals surface area contributed by atoms with Crippen molar-refractivity contribution < 1.29 is 13.9 Å². The van der Waals surface area contributed by atoms with E-state index in [2.05, 4.69) is 22.2 Å². The molecule has 6 nitrogen and oxygen atoms in total. The van der Waals surface area contributed by atoms with Crippen LogP contribution in [0.3, 0.4) is 0 Å². The van der Waals surface area contributed by atoms with Crippen LogP contribution in [-0.4, -0.2) is 47.6 Å². The second kappa shape index (κ2) is 6.05. The molecule has 1 aromatic heterocycles. The van der Waals surface area contributed by atoms with Gasteiger partial charge in [-0.25, -0.2) is 4.79 Å². The molecular formula is C15H23N3O3. The third-order valence-electron chi connectivity index (χ3n) is 4.66. The number of carbonyl (C=O) groups is 1. The van der Waals surface area contributed by atoms with Gasteiger partial charge < -0.3 is 19.4 Å². The van der Waals surface area contributed by atoms with E-state index >= 15 is 0 Å². The third kappa shape index (κ3) is 3.05. The number of carbonyl (C=O) groups excluding carboxylic acids is 1. The van der Waals surface area contributed by atoms with Crippen LogP contribution in [0, 0.1) is 0 Å². The molecule has 0 radical (unpaired) electrons. The fourth-order valence-corrected chi connectivity index (χ4v) is 3.55. The zero-order chi connectivity index (χ0) is 14.8. The van der Waals surface area contributed by atoms with Crippen LogP contribution in [0.15, 0.2) is 10.7 Å². The first-order chi connectivity index (χ1) is 10.2. The van der Waals surface area contributed by atoms with Gasteiger partial charge in [-0.3, -0.25) is 0 Å². The van der Waals surface area contributed by atoms with Gasteiger partial charge in [0.1, 0.15) is 6.26 Å². The Bertz CT molecular complexity index is 488. The van der Waals surface area contributed by atoms with E-state index < -0.39 is 5.97 Å². The first-order valence-corrected chi connectivity index (χ1v) is 7.78. The van der Waals surface area contributed by atoms with Crippen molar-refractivity contribution in [1.29, 1.82) is 0 Å². The van der Waals surface area contributed by atoms with Crippen LogP contribution in [0.5, 0.6) is 0 Å². The third-order valence-corrected chi connectivity index (χ3v) is 4.66. The highest BCUT2D eigenvalue weighted by Crippen LogP contribution is 2.33. The summed E-state index contributed by atoms with van der Waals surface area (Å²) in [6.45, 7) is 2.11. The fourth-order valence-electron chi connectivity index (χ4n) is 3.55. The standard InChI is InChI=1S/C15H23N3O3/c1-3-20-14(19)13-9-21-15(17-13)16-10-7-11-5-4-6-12(8-10)18(11)2/h9-12H,3-8H2,1-2H3,(H,16,17). The highest BCUT2D eigenvalue weighted by Gasteiger charge is 2.36. The van der Waals surface area contributed by atoms with Gasteiger partial charge in [0.2, 0.25) is 0 Å². The lowest BCUT2D eigenvalue weighted by Gasteiger charge is -2.47. The fraction of sp³-hybridized carbons (Fsp3) is 0.733. The first-order valence-electron chi connectivity index (χ1n) is 7.78. The maximum Gasteiger partial charge on any atom is 0.360 e. The minimum absolute atomic E-state index is 0.229. The summed E-state index contributed by atoms with van der Waals surface area (Å²) in [5, 5.41) is 3.34. The Kier molecular flexibility index (Phi) is 4.14. The Labute approximate surface area is 124 Å². The van der Waals surface area contributed by atoms with E-state index in [0.717, 1.165) is 12.8 Å². The predicted octanol–water partition coefficient (Wildman–Crippen LogP) is 2.28. The summed E-state index contributed by atoms with van der Waals surface area (Å²) in [6.07, 6.45) is 7.43. The molecular weight excluding hydrogens is 270 g/mol. The first kappa shape index (κ1) is 14.4. The second-order valence-corrected chi connectivity index (χ2v) is 5.98. The molecule has 0 spiro atoms. The summed E-state index contributed by atoms with van der Waals surface area (Å²) in [6, 6.07) is 2.08. The van der Waals surface area contributed by atoms with Crippen LogP contribution >= 0.6 is 0 Å². The van der Waals surface area contributed by atoms with Crippen molar-refractivity contribution in [3.8, 4) is 0 Å². The number of esters is 1. The number of hydrogen-bond acceptors (Lipinski definition) is 6. The molecule has 116 valence electrons. The van der Waals surface area contributed by atoms with Crippen molar-refractivity contribution in [2.24, 2.45) is 0 Å². The molecule has 3 rings (SSSR count). The molecule has 1 aromatic rings. The normalized spacial score (nSPS) is 29.1. The molecule has 3 heterocycles. The van der Waals surface area contributed by atoms with Gasteiger partial charge in [-0.1, -0.05) is 6.42 Å². The van der Waals surface area contributed by atoms with E-state index in [0.29, 0.717) is 30.7 Å². The van der Waals surface area contributed by atoms with E-state index in [-0.39, 0.29) is 5.69 Å². The number of anilines is 1. The Morgan fingerprint density at radius 1 is 1.48 bits per heavy atom. The number of hydrogen-bond donors (Lipinski definition) is 1. The number of aromatic nitrogens is 1. The van der Waals surface area contributed by atoms with Gasteiger partial charge in [-0.15, -0.1) is 0 Å². The molecule has 1 N–H and O–H groups in total. The molecule has 21 heavy (non-hydrogen) atoms. The molecule has 0 aliphatic carbocycles. The van der Waals surface area contributed by atoms with E-state index in [1.165, 1.54) is 25.5 Å². The monoisotopic (exact) mass is 293 g/mol. The largest absolute Gasteiger partial charge is 0.461 e. The number of piperidine rings is 2. The molecule has 2 atom stereocenters. The van der Waals surface area contributed by atoms with E-state index in [1.54, 1.807) is 6.92 Å². The van der Waals surface area contributed by atoms with E-state index in [1.807, 2.05) is 0 Å². The van der Waals surface area contributed by atoms with Crippen molar-refractivity contribution in [3.05, 3.63) is 12.0 Å². The van der Waals surface area contributed by atoms with Crippen LogP contribution in [0.4, 0.5) is 6.01 Å². The van der Waals surface area contributed by atoms with Gasteiger partial charge in [-0.05, 0) is 39.7 Å². The second-order valence-electron chi connectivity index (χ2n) is 5.98. The molecule has 0 saturated carbocycles. The molecule has 2 aliphatic rings. The maximum atomic E-state index is 11.6. The highest BCUT2D eigenvalue weighted by molar-refractivity contribution is 5.87. The molecule has 2 fully saturated rings. The lowest BCUT2D eigenvalue weighted by Crippen LogP contribution is -2.52. The molecule has 6 heteroatoms. The highest BCUT2D eigenvalue weighted by atomic mass is 16.5. The topological polar surface area (TPSA) is 67.6 Å². The van der Waals surface area contributed by atoms with Gasteiger partial charge in [0.15, 0.2) is 5.69 Å². The van der Waals surface area contributed by atoms with Gasteiger partial charge in [-0.2, -0.15) is 4.98 Å². The number of rotatable bonds is 4. The summed E-state index contributed by atoms with van der Waals surface area (Å²) < 4.78 is 10.3. The summed E-state index contributed by atoms with van der Waals surface area (Å²) in [7, 11) is 2.23. The van der Waals surface area contributed by atoms with Crippen LogP contribution in [0.25, 0.3) is 0 Å². The molecule has 2 unspecified atom stereocenters. The maximum absolute atomic E-state index is 11.6. The number of ether oxygens (including phenoxy) is 1. The minimum Gasteiger partial charge on any atom is -0.461 e. The van der Waals surface area contributed by atoms with Crippen molar-refractivity contribution in [1.82, 2.24) is 9.88 Å². The summed E-state index contributed by atoms with van der Waals surface area (Å²) in [4.78, 5) is 18.3. The van der Waals surface area contributed by atoms with Gasteiger partial charge >= 0.3 is 5.97 Å². The summed E-state index contributed by atoms with van der Waals surface area (Å²) in [5.41, 5.74) is 0.229. The quantitative estimate of drug-likeness (QED) is 0.859. The molecule has 0 aromatic carbocycles. The smallest absolute Gasteiger partial charge is 0.360 e. The van der Waals surface area contributed by atoms with Gasteiger partial charge in [0.05, 0.1) is 6.61 Å². The molecule has 0 amide bonds. The average molecular weight is 293 g/mol. The lowest BCUT2D eigenvalue weighted by atomic mass is 9.82. The van der Waals surface area contributed by atoms with Crippen molar-refractivity contribution in [2.45, 2.75) is 57.2 Å². The average Bonchev–Trinajstić information content (AvgIpc) is 2.89. The molecule has 2 bridgehead atoms. The zero-order valence-electron chi connectivity index (χ0n) is 12.7. The van der Waals surface area contributed by atoms with E-state index in [4.69, 9.17) is 9.15 Å². The van der Waals surface area contributed by atoms with Crippen LogP contribution in [0.2, 0.25) is 0 Å². The minimum atomic E-state index is -0.436. The summed E-state index contributed by atoms with van der Waals surface area (Å²) in [5.74, 6) is -0.436. The number of nitrogens with one attached hydrogen (secondary N) is 1. The number of oxazole rings is 1. The van der Waals surface area contributed by atoms with Crippen molar-refractivity contribution in [2.75, 3.05) is 19.0 Å². The Morgan fingerprint density at radius 2 is 2.19 bits per heavy atom. The Balaban J connectivity index is 1.61.